The zero-order valence-corrected chi connectivity index (χ0v) is 12.0. The molecule has 0 unspecified atom stereocenters. The molecule has 0 bridgehead atoms. The maximum Gasteiger partial charge on any atom is 0.407 e. The van der Waals surface area contributed by atoms with Gasteiger partial charge in [-0.15, -0.1) is 0 Å². The van der Waals surface area contributed by atoms with Gasteiger partial charge in [-0.2, -0.15) is 0 Å². The molecular formula is C12H20N4O2S. The number of ether oxygens (including phenoxy) is 1. The number of nitrogens with zero attached hydrogens (tertiary/aromatic N) is 1. The van der Waals surface area contributed by atoms with E-state index in [0.29, 0.717) is 0 Å². The molecule has 3 N–H and O–H groups in total. The number of imidazole rings is 1. The molecule has 0 aliphatic heterocycles. The van der Waals surface area contributed by atoms with E-state index in [2.05, 4.69) is 25.3 Å². The largest absolute Gasteiger partial charge is 0.453 e. The molecule has 0 saturated carbocycles. The highest BCUT2D eigenvalue weighted by Crippen LogP contribution is 2.15. The highest BCUT2D eigenvalue weighted by Gasteiger charge is 2.16. The van der Waals surface area contributed by atoms with Crippen molar-refractivity contribution in [2.45, 2.75) is 32.2 Å². The number of H-pyrrole nitrogens is 1. The fourth-order valence-electron chi connectivity index (χ4n) is 1.68. The van der Waals surface area contributed by atoms with Crippen molar-refractivity contribution in [2.24, 2.45) is 0 Å². The maximum absolute atomic E-state index is 11.3. The molecule has 0 aliphatic rings. The summed E-state index contributed by atoms with van der Waals surface area (Å²) < 4.78 is 4.62. The third kappa shape index (κ3) is 6.19. The fourth-order valence-corrected chi connectivity index (χ4v) is 1.79. The number of hydrogen-bond acceptors (Lipinski definition) is 4. The third-order valence-corrected chi connectivity index (χ3v) is 2.76. The van der Waals surface area contributed by atoms with Gasteiger partial charge < -0.3 is 20.4 Å². The second-order valence-corrected chi connectivity index (χ2v) is 4.75. The van der Waals surface area contributed by atoms with Gasteiger partial charge in [0, 0.05) is 18.9 Å². The van der Waals surface area contributed by atoms with Gasteiger partial charge in [0.2, 0.25) is 0 Å². The van der Waals surface area contributed by atoms with Gasteiger partial charge in [0.15, 0.2) is 0 Å². The van der Waals surface area contributed by atoms with Crippen molar-refractivity contribution >= 4 is 23.3 Å². The Balaban J connectivity index is 2.37. The number of alkyl carbamates (subject to hydrolysis) is 1. The maximum atomic E-state index is 11.3. The van der Waals surface area contributed by atoms with Crippen molar-refractivity contribution in [3.8, 4) is 0 Å². The lowest BCUT2D eigenvalue weighted by atomic mass is 10.1. The Hall–Kier alpha value is -1.63. The van der Waals surface area contributed by atoms with Crippen molar-refractivity contribution in [3.05, 3.63) is 18.2 Å². The number of methoxy groups -OCH3 is 1. The normalized spacial score (nSPS) is 11.7. The smallest absolute Gasteiger partial charge is 0.407 e. The van der Waals surface area contributed by atoms with Crippen LogP contribution >= 0.6 is 12.2 Å². The predicted molar refractivity (Wildman–Crippen MR) is 77.0 cm³/mol. The van der Waals surface area contributed by atoms with Gasteiger partial charge in [-0.25, -0.2) is 9.78 Å². The minimum Gasteiger partial charge on any atom is -0.453 e. The van der Waals surface area contributed by atoms with Crippen LogP contribution in [0.1, 0.15) is 38.1 Å². The first-order chi connectivity index (χ1) is 9.13. The van der Waals surface area contributed by atoms with Gasteiger partial charge in [-0.05, 0) is 26.2 Å². The van der Waals surface area contributed by atoms with E-state index in [-0.39, 0.29) is 6.04 Å². The summed E-state index contributed by atoms with van der Waals surface area (Å²) >= 11 is 4.93. The molecule has 6 nitrogen and oxygen atoms in total. The second-order valence-electron chi connectivity index (χ2n) is 4.14. The van der Waals surface area contributed by atoms with Crippen LogP contribution in [0.15, 0.2) is 12.4 Å². The molecule has 0 saturated heterocycles. The molecule has 1 heterocycles. The van der Waals surface area contributed by atoms with E-state index in [1.165, 1.54) is 7.11 Å². The summed E-state index contributed by atoms with van der Waals surface area (Å²) in [7, 11) is 1.35. The first-order valence-corrected chi connectivity index (χ1v) is 6.62. The van der Waals surface area contributed by atoms with Crippen molar-refractivity contribution in [1.29, 1.82) is 0 Å². The molecule has 1 atom stereocenters. The lowest BCUT2D eigenvalue weighted by Gasteiger charge is -2.15. The van der Waals surface area contributed by atoms with E-state index in [1.54, 1.807) is 12.4 Å². The summed E-state index contributed by atoms with van der Waals surface area (Å²) in [5.74, 6) is 0.740. The number of nitrogens with one attached hydrogen (secondary N) is 3. The van der Waals surface area contributed by atoms with E-state index < -0.39 is 6.09 Å². The molecule has 1 aromatic heterocycles. The quantitative estimate of drug-likeness (QED) is 0.526. The minimum atomic E-state index is -0.450. The van der Waals surface area contributed by atoms with E-state index in [1.807, 2.05) is 6.92 Å². The predicted octanol–water partition coefficient (Wildman–Crippen LogP) is 1.91. The van der Waals surface area contributed by atoms with E-state index in [4.69, 9.17) is 12.2 Å². The molecule has 7 heteroatoms. The number of aromatic nitrogens is 2. The van der Waals surface area contributed by atoms with Gasteiger partial charge in [0.05, 0.1) is 18.1 Å². The van der Waals surface area contributed by atoms with Crippen molar-refractivity contribution in [1.82, 2.24) is 20.6 Å². The number of unbranched alkanes of at least 4 members (excludes halogenated alkanes) is 1. The Morgan fingerprint density at radius 3 is 2.95 bits per heavy atom. The van der Waals surface area contributed by atoms with Crippen LogP contribution in [-0.2, 0) is 4.74 Å². The Morgan fingerprint density at radius 1 is 1.58 bits per heavy atom. The molecule has 0 spiro atoms. The molecule has 0 aromatic carbocycles. The summed E-state index contributed by atoms with van der Waals surface area (Å²) in [5, 5.41) is 5.87. The average molecular weight is 284 g/mol. The third-order valence-electron chi connectivity index (χ3n) is 2.62. The number of amides is 1. The van der Waals surface area contributed by atoms with E-state index in [0.717, 1.165) is 36.6 Å². The first-order valence-electron chi connectivity index (χ1n) is 6.21. The zero-order chi connectivity index (χ0) is 14.1. The molecule has 19 heavy (non-hydrogen) atoms. The van der Waals surface area contributed by atoms with Gasteiger partial charge in [-0.1, -0.05) is 12.2 Å². The second kappa shape index (κ2) is 8.47. The summed E-state index contributed by atoms with van der Waals surface area (Å²) in [6.07, 6.45) is 5.67. The van der Waals surface area contributed by atoms with Crippen LogP contribution in [0.25, 0.3) is 0 Å². The van der Waals surface area contributed by atoms with Gasteiger partial charge in [-0.3, -0.25) is 0 Å². The number of hydrogen-bond donors (Lipinski definition) is 3. The summed E-state index contributed by atoms with van der Waals surface area (Å²) in [6, 6.07) is -0.156. The topological polar surface area (TPSA) is 79.0 Å². The number of rotatable bonds is 7. The van der Waals surface area contributed by atoms with Crippen LogP contribution in [0.4, 0.5) is 4.79 Å². The Kier molecular flexibility index (Phi) is 6.88. The van der Waals surface area contributed by atoms with Crippen LogP contribution in [0.5, 0.6) is 0 Å². The van der Waals surface area contributed by atoms with Gasteiger partial charge >= 0.3 is 6.09 Å². The molecule has 0 fully saturated rings. The Morgan fingerprint density at radius 2 is 2.37 bits per heavy atom. The lowest BCUT2D eigenvalue weighted by Crippen LogP contribution is -2.29. The number of thiocarbonyl (C=S) groups is 1. The fraction of sp³-hybridized carbons (Fsp3) is 0.583. The van der Waals surface area contributed by atoms with Crippen LogP contribution < -0.4 is 10.6 Å². The number of carbonyl (C=O) groups is 1. The highest BCUT2D eigenvalue weighted by molar-refractivity contribution is 7.80. The summed E-state index contributed by atoms with van der Waals surface area (Å²) in [6.45, 7) is 2.71. The van der Waals surface area contributed by atoms with E-state index >= 15 is 0 Å². The zero-order valence-electron chi connectivity index (χ0n) is 11.2. The van der Waals surface area contributed by atoms with Crippen LogP contribution in [0.2, 0.25) is 0 Å². The number of carbonyl (C=O) groups excluding carboxylic acids is 1. The Bertz CT molecular complexity index is 394. The summed E-state index contributed by atoms with van der Waals surface area (Å²) in [5.41, 5.74) is 0. The van der Waals surface area contributed by atoms with Crippen LogP contribution in [0, 0.1) is 0 Å². The Labute approximate surface area is 118 Å². The standard InChI is InChI=1S/C12H20N4O2S/c1-9(19)13-6-4-3-5-10(16-12(17)18-2)11-14-7-8-15-11/h7-8,10H,3-6H2,1-2H3,(H,13,19)(H,14,15)(H,16,17)/t10-/m0/s1. The average Bonchev–Trinajstić information content (AvgIpc) is 2.90. The molecule has 106 valence electrons. The molecule has 0 radical (unpaired) electrons. The van der Waals surface area contributed by atoms with Crippen molar-refractivity contribution < 1.29 is 9.53 Å². The van der Waals surface area contributed by atoms with Crippen molar-refractivity contribution in [3.63, 3.8) is 0 Å². The van der Waals surface area contributed by atoms with Crippen LogP contribution in [0.3, 0.4) is 0 Å². The molecule has 1 amide bonds. The van der Waals surface area contributed by atoms with E-state index in [9.17, 15) is 4.79 Å². The van der Waals surface area contributed by atoms with Gasteiger partial charge in [0.1, 0.15) is 5.82 Å². The summed E-state index contributed by atoms with van der Waals surface area (Å²) in [4.78, 5) is 19.3. The minimum absolute atomic E-state index is 0.156. The van der Waals surface area contributed by atoms with Gasteiger partial charge in [0.25, 0.3) is 0 Å². The SMILES string of the molecule is COC(=O)N[C@@H](CCCCNC(C)=S)c1ncc[nH]1. The first kappa shape index (κ1) is 15.4. The molecule has 1 aromatic rings. The lowest BCUT2D eigenvalue weighted by molar-refractivity contribution is 0.165. The number of aromatic amines is 1. The molecule has 0 aliphatic carbocycles. The van der Waals surface area contributed by atoms with Crippen LogP contribution in [-0.4, -0.2) is 34.7 Å². The molecule has 1 rings (SSSR count). The molecular weight excluding hydrogens is 264 g/mol. The van der Waals surface area contributed by atoms with Crippen molar-refractivity contribution in [2.75, 3.05) is 13.7 Å². The highest BCUT2D eigenvalue weighted by atomic mass is 32.1. The monoisotopic (exact) mass is 284 g/mol.